The Bertz CT molecular complexity index is 1660. The van der Waals surface area contributed by atoms with Gasteiger partial charge >= 0.3 is 6.09 Å². The van der Waals surface area contributed by atoms with Crippen molar-refractivity contribution in [2.45, 2.75) is 78.2 Å². The lowest BCUT2D eigenvalue weighted by Gasteiger charge is -2.58. The predicted octanol–water partition coefficient (Wildman–Crippen LogP) is 8.45. The molecule has 0 spiro atoms. The minimum absolute atomic E-state index is 0.131. The van der Waals surface area contributed by atoms with Crippen LogP contribution in [-0.2, 0) is 9.53 Å². The van der Waals surface area contributed by atoms with Crippen LogP contribution in [0.25, 0.3) is 0 Å². The van der Waals surface area contributed by atoms with Gasteiger partial charge in [0.05, 0.1) is 17.1 Å². The van der Waals surface area contributed by atoms with E-state index in [0.717, 1.165) is 81.8 Å². The lowest BCUT2D eigenvalue weighted by atomic mass is 9.47. The number of ketones is 1. The molecule has 2 aromatic carbocycles. The number of hydrogen-bond donors (Lipinski definition) is 1. The predicted molar refractivity (Wildman–Crippen MR) is 187 cm³/mol. The Labute approximate surface area is 283 Å². The van der Waals surface area contributed by atoms with Crippen molar-refractivity contribution in [3.63, 3.8) is 0 Å². The Morgan fingerprint density at radius 1 is 0.979 bits per heavy atom. The van der Waals surface area contributed by atoms with Gasteiger partial charge in [-0.05, 0) is 111 Å². The standard InChI is InChI=1S/C39H47ClN4O3/c1-24(45)30-11-12-31-28-10-8-25-22-27(14-16-38(25,2)32(28)15-17-39(30,31)3)47-37(46)44-34-7-5-4-6-29(34)36(43-20-18-41-19-21-43)42-33-23-26(40)9-13-35(33)44/h4-9,13,23,27-28,30-32,41H,10-12,14-22H2,1-3H3. The monoisotopic (exact) mass is 654 g/mol. The largest absolute Gasteiger partial charge is 0.445 e. The Balaban J connectivity index is 1.06. The number of hydrogen-bond acceptors (Lipinski definition) is 6. The van der Waals surface area contributed by atoms with E-state index in [-0.39, 0.29) is 28.9 Å². The Morgan fingerprint density at radius 2 is 1.79 bits per heavy atom. The Kier molecular flexibility index (Phi) is 7.79. The average Bonchev–Trinajstić information content (AvgIpc) is 3.36. The van der Waals surface area contributed by atoms with Crippen LogP contribution in [0.3, 0.4) is 0 Å². The molecule has 6 aliphatic rings. The van der Waals surface area contributed by atoms with Gasteiger partial charge in [-0.1, -0.05) is 49.2 Å². The molecule has 47 heavy (non-hydrogen) atoms. The quantitative estimate of drug-likeness (QED) is 0.329. The van der Waals surface area contributed by atoms with Crippen molar-refractivity contribution >= 4 is 46.4 Å². The minimum Gasteiger partial charge on any atom is -0.445 e. The molecule has 0 bridgehead atoms. The van der Waals surface area contributed by atoms with Crippen molar-refractivity contribution in [1.82, 2.24) is 10.2 Å². The zero-order chi connectivity index (χ0) is 32.5. The summed E-state index contributed by atoms with van der Waals surface area (Å²) in [7, 11) is 0. The number of nitrogens with zero attached hydrogens (tertiary/aromatic N) is 3. The Morgan fingerprint density at radius 3 is 2.60 bits per heavy atom. The summed E-state index contributed by atoms with van der Waals surface area (Å²) < 4.78 is 6.47. The van der Waals surface area contributed by atoms with Crippen LogP contribution in [0.5, 0.6) is 0 Å². The molecular weight excluding hydrogens is 608 g/mol. The molecule has 4 fully saturated rings. The third-order valence-corrected chi connectivity index (χ3v) is 13.4. The van der Waals surface area contributed by atoms with Gasteiger partial charge in [0, 0.05) is 49.1 Å². The molecule has 7 nitrogen and oxygen atoms in total. The molecule has 1 amide bonds. The number of carbonyl (C=O) groups excluding carboxylic acids is 2. The number of nitrogens with one attached hydrogen (secondary N) is 1. The zero-order valence-electron chi connectivity index (χ0n) is 27.9. The second-order valence-electron chi connectivity index (χ2n) is 15.5. The molecule has 2 aromatic rings. The van der Waals surface area contributed by atoms with Gasteiger partial charge < -0.3 is 15.0 Å². The SMILES string of the molecule is CC(=O)C1CCC2C3CC=C4CC(OC(=O)N5c6ccc(Cl)cc6N=C(N6CCNCC6)c6ccccc65)CCC4(C)C3CCC12C. The molecule has 0 aromatic heterocycles. The number of aliphatic imine (C=N–C) groups is 1. The summed E-state index contributed by atoms with van der Waals surface area (Å²) in [4.78, 5) is 36.1. The summed E-state index contributed by atoms with van der Waals surface area (Å²) in [6, 6.07) is 13.6. The molecule has 8 heteroatoms. The van der Waals surface area contributed by atoms with Gasteiger partial charge in [-0.15, -0.1) is 0 Å². The molecule has 2 heterocycles. The molecule has 0 radical (unpaired) electrons. The molecule has 248 valence electrons. The number of rotatable bonds is 2. The number of allylic oxidation sites excluding steroid dienone is 1. The molecular formula is C39H47ClN4O3. The molecule has 7 atom stereocenters. The van der Waals surface area contributed by atoms with Crippen molar-refractivity contribution in [3.8, 4) is 0 Å². The first-order valence-electron chi connectivity index (χ1n) is 17.8. The van der Waals surface area contributed by atoms with Gasteiger partial charge in [0.25, 0.3) is 0 Å². The number of amides is 1. The number of carbonyl (C=O) groups is 2. The second kappa shape index (κ2) is 11.8. The fraction of sp³-hybridized carbons (Fsp3) is 0.564. The van der Waals surface area contributed by atoms with E-state index >= 15 is 0 Å². The number of amidine groups is 1. The number of benzene rings is 2. The number of para-hydroxylation sites is 1. The minimum atomic E-state index is -0.365. The number of Topliss-reactive ketones (excluding diaryl/α,β-unsaturated/α-hetero) is 1. The van der Waals surface area contributed by atoms with Gasteiger partial charge in [-0.2, -0.15) is 0 Å². The highest BCUT2D eigenvalue weighted by Crippen LogP contribution is 2.66. The van der Waals surface area contributed by atoms with Gasteiger partial charge in [-0.3, -0.25) is 4.79 Å². The first-order valence-corrected chi connectivity index (χ1v) is 18.2. The van der Waals surface area contributed by atoms with Crippen LogP contribution in [-0.4, -0.2) is 54.9 Å². The van der Waals surface area contributed by atoms with Crippen molar-refractivity contribution in [2.24, 2.45) is 39.5 Å². The lowest BCUT2D eigenvalue weighted by Crippen LogP contribution is -2.51. The normalized spacial score (nSPS) is 34.4. The van der Waals surface area contributed by atoms with E-state index in [0.29, 0.717) is 39.9 Å². The van der Waals surface area contributed by atoms with Crippen molar-refractivity contribution in [3.05, 3.63) is 64.7 Å². The summed E-state index contributed by atoms with van der Waals surface area (Å²) in [6.45, 7) is 10.1. The number of fused-ring (bicyclic) bond motifs is 7. The van der Waals surface area contributed by atoms with E-state index in [2.05, 4.69) is 36.2 Å². The third-order valence-electron chi connectivity index (χ3n) is 13.2. The summed E-state index contributed by atoms with van der Waals surface area (Å²) in [5.74, 6) is 3.39. The molecule has 7 unspecified atom stereocenters. The fourth-order valence-corrected chi connectivity index (χ4v) is 11.0. The maximum atomic E-state index is 14.4. The second-order valence-corrected chi connectivity index (χ2v) is 15.9. The maximum Gasteiger partial charge on any atom is 0.419 e. The highest BCUT2D eigenvalue weighted by molar-refractivity contribution is 6.31. The average molecular weight is 655 g/mol. The van der Waals surface area contributed by atoms with Gasteiger partial charge in [0.2, 0.25) is 0 Å². The number of anilines is 2. The number of halogens is 1. The van der Waals surface area contributed by atoms with Crippen LogP contribution in [0, 0.1) is 34.5 Å². The van der Waals surface area contributed by atoms with Crippen molar-refractivity contribution in [1.29, 1.82) is 0 Å². The van der Waals surface area contributed by atoms with Gasteiger partial charge in [0.1, 0.15) is 17.7 Å². The highest BCUT2D eigenvalue weighted by Gasteiger charge is 2.59. The first kappa shape index (κ1) is 31.1. The smallest absolute Gasteiger partial charge is 0.419 e. The summed E-state index contributed by atoms with van der Waals surface area (Å²) in [5, 5.41) is 4.01. The van der Waals surface area contributed by atoms with E-state index in [1.165, 1.54) is 18.4 Å². The summed E-state index contributed by atoms with van der Waals surface area (Å²) >= 11 is 6.49. The van der Waals surface area contributed by atoms with Crippen LogP contribution in [0.15, 0.2) is 59.1 Å². The number of piperazine rings is 1. The zero-order valence-corrected chi connectivity index (χ0v) is 28.7. The maximum absolute atomic E-state index is 14.4. The molecule has 2 aliphatic heterocycles. The highest BCUT2D eigenvalue weighted by atomic mass is 35.5. The van der Waals surface area contributed by atoms with Gasteiger partial charge in [0.15, 0.2) is 0 Å². The third kappa shape index (κ3) is 5.06. The number of ether oxygens (including phenoxy) is 1. The summed E-state index contributed by atoms with van der Waals surface area (Å²) in [5.41, 5.74) is 4.80. The molecule has 4 aliphatic carbocycles. The van der Waals surface area contributed by atoms with E-state index in [9.17, 15) is 9.59 Å². The molecule has 3 saturated carbocycles. The van der Waals surface area contributed by atoms with Gasteiger partial charge in [-0.25, -0.2) is 14.7 Å². The molecule has 1 N–H and O–H groups in total. The van der Waals surface area contributed by atoms with E-state index in [1.54, 1.807) is 4.90 Å². The lowest BCUT2D eigenvalue weighted by molar-refractivity contribution is -0.127. The van der Waals surface area contributed by atoms with E-state index in [4.69, 9.17) is 21.3 Å². The Hall–Kier alpha value is -3.16. The summed E-state index contributed by atoms with van der Waals surface area (Å²) in [6.07, 6.45) is 10.3. The topological polar surface area (TPSA) is 74.2 Å². The van der Waals surface area contributed by atoms with Crippen LogP contribution in [0.4, 0.5) is 21.9 Å². The van der Waals surface area contributed by atoms with Crippen molar-refractivity contribution in [2.75, 3.05) is 31.1 Å². The molecule has 1 saturated heterocycles. The van der Waals surface area contributed by atoms with Crippen molar-refractivity contribution < 1.29 is 14.3 Å². The van der Waals surface area contributed by atoms with Crippen LogP contribution < -0.4 is 10.2 Å². The van der Waals surface area contributed by atoms with Crippen LogP contribution >= 0.6 is 11.6 Å². The van der Waals surface area contributed by atoms with Crippen LogP contribution in [0.2, 0.25) is 5.02 Å². The first-order chi connectivity index (χ1) is 22.7. The van der Waals surface area contributed by atoms with E-state index in [1.807, 2.05) is 43.3 Å². The fourth-order valence-electron chi connectivity index (χ4n) is 10.8. The van der Waals surface area contributed by atoms with Crippen LogP contribution in [0.1, 0.15) is 77.7 Å². The molecule has 8 rings (SSSR count). The van der Waals surface area contributed by atoms with E-state index < -0.39 is 0 Å².